The molecule has 0 radical (unpaired) electrons. The van der Waals surface area contributed by atoms with Crippen molar-refractivity contribution >= 4 is 38.0 Å². The molecular weight excluding hydrogens is 312 g/mol. The number of hydrogen-bond acceptors (Lipinski definition) is 6. The molecule has 2 rings (SSSR count). The van der Waals surface area contributed by atoms with Crippen LogP contribution in [0.15, 0.2) is 40.6 Å². The summed E-state index contributed by atoms with van der Waals surface area (Å²) in [6.45, 7) is 1.90. The molecule has 1 heterocycles. The van der Waals surface area contributed by atoms with Gasteiger partial charge in [-0.15, -0.1) is 11.3 Å². The lowest BCUT2D eigenvalue weighted by atomic mass is 10.3. The Morgan fingerprint density at radius 3 is 2.81 bits per heavy atom. The maximum Gasteiger partial charge on any atom is 0.341 e. The maximum atomic E-state index is 12.3. The molecule has 0 aliphatic heterocycles. The Balaban J connectivity index is 2.30. The van der Waals surface area contributed by atoms with Gasteiger partial charge in [0, 0.05) is 5.69 Å². The van der Waals surface area contributed by atoms with Crippen LogP contribution < -0.4 is 10.5 Å². The summed E-state index contributed by atoms with van der Waals surface area (Å²) < 4.78 is 31.8. The SMILES string of the molecule is CCOC(=O)c1ccsc1NS(=O)(=O)c1cccc(N)c1. The lowest BCUT2D eigenvalue weighted by Gasteiger charge is -2.08. The molecule has 1 aromatic carbocycles. The number of esters is 1. The van der Waals surface area contributed by atoms with Gasteiger partial charge in [0.25, 0.3) is 10.0 Å². The Morgan fingerprint density at radius 1 is 1.38 bits per heavy atom. The van der Waals surface area contributed by atoms with E-state index in [0.717, 1.165) is 11.3 Å². The van der Waals surface area contributed by atoms with Gasteiger partial charge in [0.1, 0.15) is 5.00 Å². The van der Waals surface area contributed by atoms with Gasteiger partial charge in [-0.25, -0.2) is 13.2 Å². The molecule has 0 aliphatic carbocycles. The van der Waals surface area contributed by atoms with Gasteiger partial charge in [-0.1, -0.05) is 6.07 Å². The van der Waals surface area contributed by atoms with Gasteiger partial charge in [0.2, 0.25) is 0 Å². The first-order valence-corrected chi connectivity index (χ1v) is 8.43. The monoisotopic (exact) mass is 326 g/mol. The fourth-order valence-electron chi connectivity index (χ4n) is 1.62. The number of carbonyl (C=O) groups is 1. The number of hydrogen-bond donors (Lipinski definition) is 2. The Bertz CT molecular complexity index is 753. The van der Waals surface area contributed by atoms with E-state index < -0.39 is 16.0 Å². The first-order valence-electron chi connectivity index (χ1n) is 6.07. The highest BCUT2D eigenvalue weighted by Gasteiger charge is 2.20. The molecule has 0 atom stereocenters. The fraction of sp³-hybridized carbons (Fsp3) is 0.154. The van der Waals surface area contributed by atoms with Crippen molar-refractivity contribution in [3.63, 3.8) is 0 Å². The van der Waals surface area contributed by atoms with E-state index in [0.29, 0.717) is 5.69 Å². The molecule has 2 aromatic rings. The number of anilines is 2. The van der Waals surface area contributed by atoms with Crippen molar-refractivity contribution in [1.82, 2.24) is 0 Å². The van der Waals surface area contributed by atoms with Crippen LogP contribution in [0.3, 0.4) is 0 Å². The molecule has 0 saturated heterocycles. The molecule has 0 spiro atoms. The molecule has 112 valence electrons. The number of benzene rings is 1. The molecule has 0 fully saturated rings. The first-order chi connectivity index (χ1) is 9.94. The Hall–Kier alpha value is -2.06. The quantitative estimate of drug-likeness (QED) is 0.649. The molecule has 8 heteroatoms. The Kier molecular flexibility index (Phi) is 4.49. The van der Waals surface area contributed by atoms with Gasteiger partial charge in [0.05, 0.1) is 17.1 Å². The predicted octanol–water partition coefficient (Wildman–Crippen LogP) is 2.31. The highest BCUT2D eigenvalue weighted by Crippen LogP contribution is 2.27. The smallest absolute Gasteiger partial charge is 0.341 e. The first kappa shape index (κ1) is 15.3. The van der Waals surface area contributed by atoms with Crippen LogP contribution >= 0.6 is 11.3 Å². The zero-order chi connectivity index (χ0) is 15.5. The van der Waals surface area contributed by atoms with E-state index in [9.17, 15) is 13.2 Å². The summed E-state index contributed by atoms with van der Waals surface area (Å²) in [7, 11) is -3.80. The van der Waals surface area contributed by atoms with Crippen LogP contribution in [0, 0.1) is 0 Å². The van der Waals surface area contributed by atoms with E-state index in [-0.39, 0.29) is 22.1 Å². The zero-order valence-corrected chi connectivity index (χ0v) is 12.8. The second kappa shape index (κ2) is 6.15. The van der Waals surface area contributed by atoms with E-state index >= 15 is 0 Å². The van der Waals surface area contributed by atoms with Crippen LogP contribution in [0.4, 0.5) is 10.7 Å². The average molecular weight is 326 g/mol. The van der Waals surface area contributed by atoms with Gasteiger partial charge in [-0.05, 0) is 36.6 Å². The Morgan fingerprint density at radius 2 is 2.14 bits per heavy atom. The predicted molar refractivity (Wildman–Crippen MR) is 81.9 cm³/mol. The van der Waals surface area contributed by atoms with Crippen molar-refractivity contribution in [1.29, 1.82) is 0 Å². The summed E-state index contributed by atoms with van der Waals surface area (Å²) in [5.74, 6) is -0.566. The molecule has 0 amide bonds. The summed E-state index contributed by atoms with van der Waals surface area (Å²) in [5, 5.41) is 1.83. The number of nitrogen functional groups attached to an aromatic ring is 1. The molecule has 0 aliphatic rings. The molecule has 1 aromatic heterocycles. The summed E-state index contributed by atoms with van der Waals surface area (Å²) in [6, 6.07) is 7.43. The minimum atomic E-state index is -3.80. The van der Waals surface area contributed by atoms with E-state index in [4.69, 9.17) is 10.5 Å². The number of sulfonamides is 1. The van der Waals surface area contributed by atoms with E-state index in [2.05, 4.69) is 4.72 Å². The largest absolute Gasteiger partial charge is 0.462 e. The van der Waals surface area contributed by atoms with E-state index in [1.807, 2.05) is 0 Å². The molecule has 0 saturated carbocycles. The molecule has 0 bridgehead atoms. The third-order valence-corrected chi connectivity index (χ3v) is 4.86. The van der Waals surface area contributed by atoms with Crippen molar-refractivity contribution in [3.8, 4) is 0 Å². The van der Waals surface area contributed by atoms with E-state index in [1.165, 1.54) is 18.2 Å². The lowest BCUT2D eigenvalue weighted by Crippen LogP contribution is -2.15. The molecule has 0 unspecified atom stereocenters. The third-order valence-electron chi connectivity index (χ3n) is 2.56. The Labute approximate surface area is 126 Å². The van der Waals surface area contributed by atoms with E-state index in [1.54, 1.807) is 24.4 Å². The summed E-state index contributed by atoms with van der Waals surface area (Å²) in [4.78, 5) is 11.8. The van der Waals surface area contributed by atoms with Gasteiger partial charge >= 0.3 is 5.97 Å². The fourth-order valence-corrected chi connectivity index (χ4v) is 3.78. The van der Waals surface area contributed by atoms with Gasteiger partial charge in [-0.3, -0.25) is 4.72 Å². The molecule has 6 nitrogen and oxygen atoms in total. The van der Waals surface area contributed by atoms with Crippen molar-refractivity contribution < 1.29 is 17.9 Å². The number of ether oxygens (including phenoxy) is 1. The highest BCUT2D eigenvalue weighted by molar-refractivity contribution is 7.93. The standard InChI is InChI=1S/C13H14N2O4S2/c1-2-19-13(16)11-6-7-20-12(11)15-21(17,18)10-5-3-4-9(14)8-10/h3-8,15H,2,14H2,1H3. The summed E-state index contributed by atoms with van der Waals surface area (Å²) in [6.07, 6.45) is 0. The topological polar surface area (TPSA) is 98.5 Å². The van der Waals surface area contributed by atoms with Gasteiger partial charge in [-0.2, -0.15) is 0 Å². The summed E-state index contributed by atoms with van der Waals surface area (Å²) in [5.41, 5.74) is 6.11. The maximum absolute atomic E-state index is 12.3. The van der Waals surface area contributed by atoms with Crippen LogP contribution in [-0.2, 0) is 14.8 Å². The van der Waals surface area contributed by atoms with Crippen molar-refractivity contribution in [2.75, 3.05) is 17.1 Å². The number of carbonyl (C=O) groups excluding carboxylic acids is 1. The van der Waals surface area contributed by atoms with Crippen LogP contribution in [0.2, 0.25) is 0 Å². The van der Waals surface area contributed by atoms with Gasteiger partial charge < -0.3 is 10.5 Å². The molecular formula is C13H14N2O4S2. The molecule has 3 N–H and O–H groups in total. The van der Waals surface area contributed by atoms with Crippen molar-refractivity contribution in [2.24, 2.45) is 0 Å². The van der Waals surface area contributed by atoms with Crippen LogP contribution in [-0.4, -0.2) is 21.0 Å². The second-order valence-electron chi connectivity index (χ2n) is 4.06. The second-order valence-corrected chi connectivity index (χ2v) is 6.66. The van der Waals surface area contributed by atoms with Crippen molar-refractivity contribution in [2.45, 2.75) is 11.8 Å². The highest BCUT2D eigenvalue weighted by atomic mass is 32.2. The normalized spacial score (nSPS) is 11.1. The third kappa shape index (κ3) is 3.53. The average Bonchev–Trinajstić information content (AvgIpc) is 2.86. The van der Waals surface area contributed by atoms with Crippen molar-refractivity contribution in [3.05, 3.63) is 41.3 Å². The van der Waals surface area contributed by atoms with Crippen LogP contribution in [0.25, 0.3) is 0 Å². The number of rotatable bonds is 5. The van der Waals surface area contributed by atoms with Gasteiger partial charge in [0.15, 0.2) is 0 Å². The minimum Gasteiger partial charge on any atom is -0.462 e. The van der Waals surface area contributed by atoms with Crippen LogP contribution in [0.5, 0.6) is 0 Å². The number of nitrogens with one attached hydrogen (secondary N) is 1. The minimum absolute atomic E-state index is 0.0331. The summed E-state index contributed by atoms with van der Waals surface area (Å²) >= 11 is 1.11. The lowest BCUT2D eigenvalue weighted by molar-refractivity contribution is 0.0528. The molecule has 21 heavy (non-hydrogen) atoms. The number of nitrogens with two attached hydrogens (primary N) is 1. The number of thiophene rings is 1. The van der Waals surface area contributed by atoms with Crippen LogP contribution in [0.1, 0.15) is 17.3 Å². The zero-order valence-electron chi connectivity index (χ0n) is 11.2.